The largest absolute Gasteiger partial charge is 0.456 e. The molecular formula is C43H69NO10. The number of nitrogens with zero attached hydrogens (tertiary/aromatic N) is 1. The molecule has 0 aromatic carbocycles. The molecule has 4 aliphatic rings. The third kappa shape index (κ3) is 10.3. The molecule has 3 N–H and O–H groups in total. The number of Topliss-reactive ketones (excluding diaryl/α,β-unsaturated/α-hetero) is 2. The Morgan fingerprint density at radius 1 is 0.963 bits per heavy atom. The molecule has 0 unspecified atom stereocenters. The van der Waals surface area contributed by atoms with E-state index in [9.17, 15) is 34.5 Å². The molecule has 14 atom stereocenters. The summed E-state index contributed by atoms with van der Waals surface area (Å²) in [6, 6.07) is -1.08. The topological polar surface area (TPSA) is 160 Å². The van der Waals surface area contributed by atoms with Crippen LogP contribution in [0, 0.1) is 41.4 Å². The standard InChI is InChI=1S/C43H69NO10/c1-10-32-19-25(3)17-24(2)18-26(4)38-27(5)20-29(7)43(51,54-38)40(48)41(49)44-16-12-11-13-33(44)42(50)53-39(30(8)35(46)23-36(32)47)28(6)21-31-14-15-34(45)37(22-31)52-9/h19,21,24,26-27,29-35,37-39,45-46,51H,10-18,20,22-23H2,1-9H3/b25-19+,28-21+/t24-,26-,27-,29+,30+,31-,32+,33-,34+,35-,37+,38+,39+,43+/m0/s1. The summed E-state index contributed by atoms with van der Waals surface area (Å²) < 4.78 is 18.1. The molecule has 0 spiro atoms. The highest BCUT2D eigenvalue weighted by atomic mass is 16.6. The fraction of sp³-hybridized carbons (Fsp3) is 0.814. The Labute approximate surface area is 323 Å². The first-order valence-corrected chi connectivity index (χ1v) is 20.6. The first-order chi connectivity index (χ1) is 25.4. The van der Waals surface area contributed by atoms with Gasteiger partial charge in [-0.2, -0.15) is 0 Å². The molecule has 3 aliphatic heterocycles. The SMILES string of the molecule is CC[C@@H]1/C=C(\C)C[C@H](C)C[C@H](C)[C@H]2O[C@@](O)(C(=O)C(=O)N3CCCC[C@H]3C(=O)O[C@H](/C(C)=C/[C@@H]3CC[C@@H](O)[C@H](OC)C3)[C@H](C)[C@@H](O)CC1=O)[C@H](C)C[C@@H]2C. The quantitative estimate of drug-likeness (QED) is 0.184. The van der Waals surface area contributed by atoms with Gasteiger partial charge < -0.3 is 34.4 Å². The Morgan fingerprint density at radius 2 is 1.65 bits per heavy atom. The molecule has 1 saturated carbocycles. The van der Waals surface area contributed by atoms with Crippen molar-refractivity contribution in [3.8, 4) is 0 Å². The van der Waals surface area contributed by atoms with Crippen LogP contribution < -0.4 is 0 Å². The predicted molar refractivity (Wildman–Crippen MR) is 205 cm³/mol. The van der Waals surface area contributed by atoms with Gasteiger partial charge in [-0.25, -0.2) is 4.79 Å². The third-order valence-electron chi connectivity index (χ3n) is 13.0. The van der Waals surface area contributed by atoms with Crippen LogP contribution >= 0.6 is 0 Å². The normalized spacial score (nSPS) is 42.7. The van der Waals surface area contributed by atoms with Crippen molar-refractivity contribution in [3.63, 3.8) is 0 Å². The molecule has 0 aromatic heterocycles. The van der Waals surface area contributed by atoms with Crippen molar-refractivity contribution in [2.75, 3.05) is 13.7 Å². The fourth-order valence-electron chi connectivity index (χ4n) is 9.78. The van der Waals surface area contributed by atoms with Crippen LogP contribution in [-0.4, -0.2) is 99.7 Å². The van der Waals surface area contributed by atoms with E-state index >= 15 is 0 Å². The summed E-state index contributed by atoms with van der Waals surface area (Å²) >= 11 is 0. The second-order valence-corrected chi connectivity index (χ2v) is 17.6. The van der Waals surface area contributed by atoms with Crippen LogP contribution in [0.4, 0.5) is 0 Å². The smallest absolute Gasteiger partial charge is 0.329 e. The molecule has 1 amide bonds. The molecule has 4 rings (SSSR count). The molecule has 54 heavy (non-hydrogen) atoms. The second-order valence-electron chi connectivity index (χ2n) is 17.6. The van der Waals surface area contributed by atoms with E-state index in [1.165, 1.54) is 4.90 Å². The van der Waals surface area contributed by atoms with Crippen molar-refractivity contribution in [1.29, 1.82) is 0 Å². The van der Waals surface area contributed by atoms with Crippen LogP contribution in [0.15, 0.2) is 23.3 Å². The number of piperidine rings is 1. The Kier molecular flexibility index (Phi) is 15.7. The molecule has 2 bridgehead atoms. The Hall–Kier alpha value is -2.44. The minimum Gasteiger partial charge on any atom is -0.456 e. The number of rotatable bonds is 4. The molecule has 0 radical (unpaired) electrons. The van der Waals surface area contributed by atoms with Gasteiger partial charge in [0.15, 0.2) is 0 Å². The Bertz CT molecular complexity index is 1390. The van der Waals surface area contributed by atoms with Gasteiger partial charge in [-0.05, 0) is 107 Å². The number of methoxy groups -OCH3 is 1. The van der Waals surface area contributed by atoms with E-state index in [2.05, 4.69) is 6.92 Å². The highest BCUT2D eigenvalue weighted by Crippen LogP contribution is 2.41. The number of allylic oxidation sites excluding steroid dienone is 3. The van der Waals surface area contributed by atoms with Crippen LogP contribution in [0.1, 0.15) is 126 Å². The number of hydrogen-bond acceptors (Lipinski definition) is 10. The minimum absolute atomic E-state index is 0.0195. The van der Waals surface area contributed by atoms with Gasteiger partial charge in [0, 0.05) is 37.8 Å². The van der Waals surface area contributed by atoms with Crippen molar-refractivity contribution in [2.24, 2.45) is 41.4 Å². The molecular weight excluding hydrogens is 690 g/mol. The highest BCUT2D eigenvalue weighted by Gasteiger charge is 2.55. The summed E-state index contributed by atoms with van der Waals surface area (Å²) in [5.74, 6) is -6.65. The monoisotopic (exact) mass is 759 g/mol. The number of ether oxygens (including phenoxy) is 3. The van der Waals surface area contributed by atoms with Crippen LogP contribution in [0.25, 0.3) is 0 Å². The van der Waals surface area contributed by atoms with Gasteiger partial charge in [0.1, 0.15) is 17.9 Å². The van der Waals surface area contributed by atoms with Crippen molar-refractivity contribution < 1.29 is 48.7 Å². The zero-order valence-corrected chi connectivity index (χ0v) is 34.3. The first kappa shape index (κ1) is 44.3. The number of cyclic esters (lactones) is 1. The lowest BCUT2D eigenvalue weighted by Crippen LogP contribution is -2.62. The zero-order chi connectivity index (χ0) is 40.1. The van der Waals surface area contributed by atoms with Crippen molar-refractivity contribution >= 4 is 23.4 Å². The van der Waals surface area contributed by atoms with Crippen LogP contribution in [0.2, 0.25) is 0 Å². The van der Waals surface area contributed by atoms with E-state index in [1.807, 2.05) is 46.8 Å². The Balaban J connectivity index is 1.74. The molecule has 3 heterocycles. The second kappa shape index (κ2) is 19.1. The number of hydrogen-bond donors (Lipinski definition) is 3. The maximum absolute atomic E-state index is 14.2. The fourth-order valence-corrected chi connectivity index (χ4v) is 9.78. The molecule has 0 aromatic rings. The van der Waals surface area contributed by atoms with Gasteiger partial charge in [0.2, 0.25) is 5.79 Å². The highest BCUT2D eigenvalue weighted by molar-refractivity contribution is 6.39. The lowest BCUT2D eigenvalue weighted by molar-refractivity contribution is -0.282. The van der Waals surface area contributed by atoms with Crippen molar-refractivity contribution in [1.82, 2.24) is 4.90 Å². The number of aliphatic hydroxyl groups is 3. The average Bonchev–Trinajstić information content (AvgIpc) is 3.13. The minimum atomic E-state index is -2.34. The molecule has 2 saturated heterocycles. The van der Waals surface area contributed by atoms with E-state index < -0.39 is 65.7 Å². The molecule has 3 fully saturated rings. The number of carbonyl (C=O) groups excluding carboxylic acids is 4. The van der Waals surface area contributed by atoms with Gasteiger partial charge in [0.25, 0.3) is 11.7 Å². The predicted octanol–water partition coefficient (Wildman–Crippen LogP) is 5.72. The van der Waals surface area contributed by atoms with Crippen LogP contribution in [0.3, 0.4) is 0 Å². The average molecular weight is 760 g/mol. The number of amides is 1. The number of fused-ring (bicyclic) bond motifs is 3. The lowest BCUT2D eigenvalue weighted by Gasteiger charge is -2.46. The molecule has 11 heteroatoms. The summed E-state index contributed by atoms with van der Waals surface area (Å²) in [5.41, 5.74) is 1.76. The maximum Gasteiger partial charge on any atom is 0.329 e. The number of aliphatic hydroxyl groups excluding tert-OH is 2. The van der Waals surface area contributed by atoms with Crippen molar-refractivity contribution in [2.45, 2.75) is 168 Å². The van der Waals surface area contributed by atoms with E-state index in [4.69, 9.17) is 14.2 Å². The van der Waals surface area contributed by atoms with Gasteiger partial charge in [-0.3, -0.25) is 14.4 Å². The summed E-state index contributed by atoms with van der Waals surface area (Å²) in [5, 5.41) is 34.0. The summed E-state index contributed by atoms with van der Waals surface area (Å²) in [7, 11) is 1.57. The lowest BCUT2D eigenvalue weighted by atomic mass is 9.76. The van der Waals surface area contributed by atoms with Gasteiger partial charge in [-0.1, -0.05) is 59.3 Å². The summed E-state index contributed by atoms with van der Waals surface area (Å²) in [4.78, 5) is 57.4. The summed E-state index contributed by atoms with van der Waals surface area (Å²) in [6.07, 6.45) is 6.31. The van der Waals surface area contributed by atoms with Gasteiger partial charge in [0.05, 0.1) is 24.4 Å². The van der Waals surface area contributed by atoms with Crippen LogP contribution in [0.5, 0.6) is 0 Å². The molecule has 306 valence electrons. The molecule has 11 nitrogen and oxygen atoms in total. The van der Waals surface area contributed by atoms with Crippen LogP contribution in [-0.2, 0) is 33.4 Å². The van der Waals surface area contributed by atoms with E-state index in [1.54, 1.807) is 21.0 Å². The molecule has 1 aliphatic carbocycles. The Morgan fingerprint density at radius 3 is 2.31 bits per heavy atom. The third-order valence-corrected chi connectivity index (χ3v) is 13.0. The van der Waals surface area contributed by atoms with E-state index in [-0.39, 0.29) is 60.9 Å². The first-order valence-electron chi connectivity index (χ1n) is 20.6. The van der Waals surface area contributed by atoms with Gasteiger partial charge >= 0.3 is 5.97 Å². The van der Waals surface area contributed by atoms with Gasteiger partial charge in [-0.15, -0.1) is 0 Å². The maximum atomic E-state index is 14.2. The van der Waals surface area contributed by atoms with E-state index in [0.29, 0.717) is 50.5 Å². The number of esters is 1. The number of carbonyl (C=O) groups is 4. The van der Waals surface area contributed by atoms with E-state index in [0.717, 1.165) is 18.4 Å². The number of ketones is 2. The zero-order valence-electron chi connectivity index (χ0n) is 34.3. The summed E-state index contributed by atoms with van der Waals surface area (Å²) in [6.45, 7) is 15.7. The van der Waals surface area contributed by atoms with Crippen molar-refractivity contribution in [3.05, 3.63) is 23.3 Å².